The Balaban J connectivity index is 1.41. The lowest BCUT2D eigenvalue weighted by Gasteiger charge is -2.33. The number of rotatable bonds is 5. The van der Waals surface area contributed by atoms with Crippen LogP contribution in [0.1, 0.15) is 23.1 Å². The van der Waals surface area contributed by atoms with Crippen LogP contribution in [0.2, 0.25) is 5.02 Å². The third-order valence-electron chi connectivity index (χ3n) is 5.44. The fourth-order valence-corrected chi connectivity index (χ4v) is 4.01. The number of benzene rings is 1. The molecule has 5 rings (SSSR count). The number of nitrogens with one attached hydrogen (secondary N) is 1. The van der Waals surface area contributed by atoms with E-state index in [0.29, 0.717) is 41.3 Å². The van der Waals surface area contributed by atoms with E-state index < -0.39 is 0 Å². The number of aryl methyl sites for hydroxylation is 1. The van der Waals surface area contributed by atoms with Gasteiger partial charge in [-0.25, -0.2) is 15.0 Å². The van der Waals surface area contributed by atoms with Gasteiger partial charge in [-0.3, -0.25) is 9.48 Å². The molecule has 4 aromatic rings. The smallest absolute Gasteiger partial charge is 0.290 e. The number of halogens is 1. The maximum absolute atomic E-state index is 13.2. The second kappa shape index (κ2) is 8.08. The second-order valence-corrected chi connectivity index (χ2v) is 8.18. The number of nitrogens with zero attached hydrogens (tertiary/aromatic N) is 7. The molecule has 0 aliphatic carbocycles. The number of anilines is 2. The highest BCUT2D eigenvalue weighted by molar-refractivity contribution is 6.30. The van der Waals surface area contributed by atoms with E-state index in [0.717, 1.165) is 11.4 Å². The fourth-order valence-electron chi connectivity index (χ4n) is 3.79. The number of fused-ring (bicyclic) bond motifs is 1. The van der Waals surface area contributed by atoms with Crippen LogP contribution in [0.15, 0.2) is 55.0 Å². The molecule has 3 aromatic heterocycles. The lowest BCUT2D eigenvalue weighted by Crippen LogP contribution is -2.46. The SMILES string of the molecule is CC1Cn2cc(-c3ccnc(Nc4ccnn4C)n3)nc2C(=O)N1Cc1cccc(Cl)c1. The van der Waals surface area contributed by atoms with Crippen molar-refractivity contribution in [1.82, 2.24) is 34.2 Å². The van der Waals surface area contributed by atoms with Crippen molar-refractivity contribution in [2.45, 2.75) is 26.1 Å². The third kappa shape index (κ3) is 3.82. The molecule has 0 spiro atoms. The van der Waals surface area contributed by atoms with E-state index in [1.807, 2.05) is 60.0 Å². The molecule has 0 saturated carbocycles. The Morgan fingerprint density at radius 1 is 1.16 bits per heavy atom. The second-order valence-electron chi connectivity index (χ2n) is 7.74. The van der Waals surface area contributed by atoms with E-state index in [2.05, 4.69) is 25.4 Å². The minimum Gasteiger partial charge on any atom is -0.327 e. The van der Waals surface area contributed by atoms with Gasteiger partial charge in [-0.15, -0.1) is 0 Å². The van der Waals surface area contributed by atoms with Crippen LogP contribution < -0.4 is 5.32 Å². The topological polar surface area (TPSA) is 93.8 Å². The number of imidazole rings is 1. The van der Waals surface area contributed by atoms with Crippen LogP contribution in [0.3, 0.4) is 0 Å². The summed E-state index contributed by atoms with van der Waals surface area (Å²) < 4.78 is 3.59. The molecule has 1 amide bonds. The first-order valence-electron chi connectivity index (χ1n) is 10.2. The predicted molar refractivity (Wildman–Crippen MR) is 121 cm³/mol. The van der Waals surface area contributed by atoms with Crippen LogP contribution in [0.5, 0.6) is 0 Å². The summed E-state index contributed by atoms with van der Waals surface area (Å²) >= 11 is 6.11. The minimum atomic E-state index is -0.114. The summed E-state index contributed by atoms with van der Waals surface area (Å²) in [6, 6.07) is 11.2. The summed E-state index contributed by atoms with van der Waals surface area (Å²) in [5.41, 5.74) is 2.24. The summed E-state index contributed by atoms with van der Waals surface area (Å²) in [7, 11) is 1.83. The van der Waals surface area contributed by atoms with Crippen LogP contribution >= 0.6 is 11.6 Å². The third-order valence-corrected chi connectivity index (χ3v) is 5.68. The Bertz CT molecular complexity index is 1300. The molecule has 1 aliphatic heterocycles. The highest BCUT2D eigenvalue weighted by Crippen LogP contribution is 2.25. The van der Waals surface area contributed by atoms with Crippen LogP contribution in [0, 0.1) is 0 Å². The molecule has 0 bridgehead atoms. The first kappa shape index (κ1) is 20.2. The molecular formula is C22H21ClN8O. The molecule has 0 saturated heterocycles. The number of aromatic nitrogens is 6. The molecule has 0 radical (unpaired) electrons. The Morgan fingerprint density at radius 2 is 2.03 bits per heavy atom. The van der Waals surface area contributed by atoms with Gasteiger partial charge in [0.2, 0.25) is 5.95 Å². The van der Waals surface area contributed by atoms with Gasteiger partial charge in [0.05, 0.1) is 11.9 Å². The van der Waals surface area contributed by atoms with Crippen LogP contribution in [0.4, 0.5) is 11.8 Å². The van der Waals surface area contributed by atoms with Crippen molar-refractivity contribution in [2.75, 3.05) is 5.32 Å². The number of hydrogen-bond acceptors (Lipinski definition) is 6. The summed E-state index contributed by atoms with van der Waals surface area (Å²) in [5.74, 6) is 1.49. The zero-order valence-corrected chi connectivity index (χ0v) is 18.4. The van der Waals surface area contributed by atoms with Crippen molar-refractivity contribution in [3.63, 3.8) is 0 Å². The van der Waals surface area contributed by atoms with Gasteiger partial charge in [0, 0.05) is 49.7 Å². The van der Waals surface area contributed by atoms with Gasteiger partial charge in [-0.1, -0.05) is 23.7 Å². The van der Waals surface area contributed by atoms with E-state index in [-0.39, 0.29) is 11.9 Å². The Hall–Kier alpha value is -3.72. The Kier molecular flexibility index (Phi) is 5.10. The molecule has 1 atom stereocenters. The molecule has 1 N–H and O–H groups in total. The van der Waals surface area contributed by atoms with Crippen molar-refractivity contribution in [3.8, 4) is 11.4 Å². The van der Waals surface area contributed by atoms with Gasteiger partial charge in [0.1, 0.15) is 11.5 Å². The highest BCUT2D eigenvalue weighted by Gasteiger charge is 2.32. The van der Waals surface area contributed by atoms with Crippen molar-refractivity contribution >= 4 is 29.3 Å². The van der Waals surface area contributed by atoms with Crippen molar-refractivity contribution < 1.29 is 4.79 Å². The number of amides is 1. The molecule has 162 valence electrons. The Morgan fingerprint density at radius 3 is 2.81 bits per heavy atom. The molecule has 10 heteroatoms. The van der Waals surface area contributed by atoms with Crippen molar-refractivity contribution in [3.05, 3.63) is 71.4 Å². The van der Waals surface area contributed by atoms with Gasteiger partial charge in [-0.05, 0) is 30.7 Å². The molecule has 4 heterocycles. The summed E-state index contributed by atoms with van der Waals surface area (Å²) in [5, 5.41) is 7.92. The van der Waals surface area contributed by atoms with E-state index >= 15 is 0 Å². The quantitative estimate of drug-likeness (QED) is 0.502. The van der Waals surface area contributed by atoms with Gasteiger partial charge in [-0.2, -0.15) is 5.10 Å². The van der Waals surface area contributed by atoms with Crippen molar-refractivity contribution in [1.29, 1.82) is 0 Å². The zero-order chi connectivity index (χ0) is 22.2. The first-order valence-corrected chi connectivity index (χ1v) is 10.6. The number of carbonyl (C=O) groups excluding carboxylic acids is 1. The molecule has 9 nitrogen and oxygen atoms in total. The Labute approximate surface area is 189 Å². The van der Waals surface area contributed by atoms with E-state index in [4.69, 9.17) is 11.6 Å². The summed E-state index contributed by atoms with van der Waals surface area (Å²) in [4.78, 5) is 28.5. The fraction of sp³-hybridized carbons (Fsp3) is 0.227. The monoisotopic (exact) mass is 448 g/mol. The zero-order valence-electron chi connectivity index (χ0n) is 17.6. The molecular weight excluding hydrogens is 428 g/mol. The molecule has 0 fully saturated rings. The maximum atomic E-state index is 13.2. The normalized spacial score (nSPS) is 15.7. The van der Waals surface area contributed by atoms with Gasteiger partial charge < -0.3 is 14.8 Å². The predicted octanol–water partition coefficient (Wildman–Crippen LogP) is 3.52. The molecule has 32 heavy (non-hydrogen) atoms. The van der Waals surface area contributed by atoms with E-state index in [1.54, 1.807) is 23.1 Å². The van der Waals surface area contributed by atoms with Crippen molar-refractivity contribution in [2.24, 2.45) is 7.05 Å². The molecule has 1 aromatic carbocycles. The number of carbonyl (C=O) groups is 1. The summed E-state index contributed by atoms with van der Waals surface area (Å²) in [6.07, 6.45) is 5.23. The van der Waals surface area contributed by atoms with E-state index in [1.165, 1.54) is 0 Å². The lowest BCUT2D eigenvalue weighted by atomic mass is 10.1. The van der Waals surface area contributed by atoms with Crippen LogP contribution in [0.25, 0.3) is 11.4 Å². The maximum Gasteiger partial charge on any atom is 0.290 e. The van der Waals surface area contributed by atoms with Gasteiger partial charge in [0.25, 0.3) is 5.91 Å². The lowest BCUT2D eigenvalue weighted by molar-refractivity contribution is 0.0587. The average molecular weight is 449 g/mol. The molecule has 1 aliphatic rings. The van der Waals surface area contributed by atoms with E-state index in [9.17, 15) is 4.79 Å². The van der Waals surface area contributed by atoms with Crippen LogP contribution in [-0.2, 0) is 20.1 Å². The minimum absolute atomic E-state index is 0.0171. The number of hydrogen-bond donors (Lipinski definition) is 1. The highest BCUT2D eigenvalue weighted by atomic mass is 35.5. The molecule has 1 unspecified atom stereocenters. The van der Waals surface area contributed by atoms with Gasteiger partial charge in [0.15, 0.2) is 5.82 Å². The average Bonchev–Trinajstić information content (AvgIpc) is 3.38. The van der Waals surface area contributed by atoms with Crippen LogP contribution in [-0.4, -0.2) is 46.1 Å². The first-order chi connectivity index (χ1) is 15.5. The largest absolute Gasteiger partial charge is 0.327 e. The van der Waals surface area contributed by atoms with Gasteiger partial charge >= 0.3 is 0 Å². The summed E-state index contributed by atoms with van der Waals surface area (Å²) in [6.45, 7) is 3.17. The standard InChI is InChI=1S/C22H21ClN8O/c1-14-11-30-13-18(17-6-8-24-22(27-17)28-19-7-9-25-29(19)2)26-20(30)21(32)31(14)12-15-4-3-5-16(23)10-15/h3-10,13-14H,11-12H2,1-2H3,(H,24,27,28).